The average Bonchev–Trinajstić information content (AvgIpc) is 2.45. The molecule has 0 unspecified atom stereocenters. The van der Waals surface area contributed by atoms with Crippen LogP contribution in [0.1, 0.15) is 5.56 Å². The Morgan fingerprint density at radius 1 is 1.50 bits per heavy atom. The van der Waals surface area contributed by atoms with E-state index in [2.05, 4.69) is 20.3 Å². The summed E-state index contributed by atoms with van der Waals surface area (Å²) < 4.78 is 0. The van der Waals surface area contributed by atoms with E-state index < -0.39 is 4.92 Å². The molecule has 1 N–H and O–H groups in total. The highest BCUT2D eigenvalue weighted by Gasteiger charge is 2.23. The lowest BCUT2D eigenvalue weighted by atomic mass is 10.3. The first-order valence-corrected chi connectivity index (χ1v) is 7.10. The van der Waals surface area contributed by atoms with E-state index in [4.69, 9.17) is 11.6 Å². The van der Waals surface area contributed by atoms with E-state index >= 15 is 0 Å². The third kappa shape index (κ3) is 3.34. The first-order chi connectivity index (χ1) is 9.61. The van der Waals surface area contributed by atoms with E-state index in [1.807, 2.05) is 6.07 Å². The van der Waals surface area contributed by atoms with Crippen molar-refractivity contribution in [3.63, 3.8) is 0 Å². The number of hydrogen-bond donors (Lipinski definition) is 1. The van der Waals surface area contributed by atoms with Crippen molar-refractivity contribution in [1.82, 2.24) is 15.0 Å². The number of thioether (sulfide) groups is 1. The predicted molar refractivity (Wildman–Crippen MR) is 77.0 cm³/mol. The van der Waals surface area contributed by atoms with Gasteiger partial charge in [-0.3, -0.25) is 15.1 Å². The molecule has 0 fully saturated rings. The van der Waals surface area contributed by atoms with E-state index in [9.17, 15) is 10.1 Å². The van der Waals surface area contributed by atoms with Crippen molar-refractivity contribution in [3.8, 4) is 0 Å². The van der Waals surface area contributed by atoms with Gasteiger partial charge in [0.05, 0.1) is 4.92 Å². The minimum Gasteiger partial charge on any atom is -0.360 e. The molecule has 0 aliphatic carbocycles. The number of nitro groups is 1. The van der Waals surface area contributed by atoms with Gasteiger partial charge in [0.1, 0.15) is 0 Å². The Morgan fingerprint density at radius 2 is 2.30 bits per heavy atom. The smallest absolute Gasteiger partial charge is 0.348 e. The molecule has 0 saturated heterocycles. The minimum atomic E-state index is -0.599. The Labute approximate surface area is 124 Å². The second-order valence-electron chi connectivity index (χ2n) is 3.67. The minimum absolute atomic E-state index is 0.100. The zero-order chi connectivity index (χ0) is 14.5. The van der Waals surface area contributed by atoms with Gasteiger partial charge in [0.2, 0.25) is 11.0 Å². The highest BCUT2D eigenvalue weighted by molar-refractivity contribution is 7.98. The standard InChI is InChI=1S/C11H10ClN5O2S/c1-20-11-15-9(12)8(17(18)19)10(16-11)14-6-7-3-2-4-13-5-7/h2-5H,6H2,1H3,(H,14,15,16). The molecule has 20 heavy (non-hydrogen) atoms. The summed E-state index contributed by atoms with van der Waals surface area (Å²) in [6, 6.07) is 3.63. The van der Waals surface area contributed by atoms with Crippen LogP contribution < -0.4 is 5.32 Å². The van der Waals surface area contributed by atoms with Crippen molar-refractivity contribution in [1.29, 1.82) is 0 Å². The highest BCUT2D eigenvalue weighted by Crippen LogP contribution is 2.31. The summed E-state index contributed by atoms with van der Waals surface area (Å²) in [5.41, 5.74) is 0.551. The van der Waals surface area contributed by atoms with Crippen LogP contribution in [0.25, 0.3) is 0 Å². The summed E-state index contributed by atoms with van der Waals surface area (Å²) in [5, 5.41) is 14.1. The molecule has 2 heterocycles. The van der Waals surface area contributed by atoms with E-state index in [0.717, 1.165) is 5.56 Å². The lowest BCUT2D eigenvalue weighted by Gasteiger charge is -2.07. The quantitative estimate of drug-likeness (QED) is 0.298. The van der Waals surface area contributed by atoms with Crippen molar-refractivity contribution in [2.75, 3.05) is 11.6 Å². The number of hydrogen-bond acceptors (Lipinski definition) is 7. The molecule has 0 aromatic carbocycles. The van der Waals surface area contributed by atoms with Gasteiger partial charge in [0.15, 0.2) is 5.16 Å². The number of nitrogens with zero attached hydrogens (tertiary/aromatic N) is 4. The van der Waals surface area contributed by atoms with Crippen molar-refractivity contribution >= 4 is 34.9 Å². The second kappa shape index (κ2) is 6.49. The third-order valence-electron chi connectivity index (χ3n) is 2.37. The van der Waals surface area contributed by atoms with E-state index in [-0.39, 0.29) is 16.7 Å². The molecule has 2 aromatic rings. The first-order valence-electron chi connectivity index (χ1n) is 5.50. The van der Waals surface area contributed by atoms with E-state index in [0.29, 0.717) is 11.7 Å². The number of halogens is 1. The molecule has 0 radical (unpaired) electrons. The largest absolute Gasteiger partial charge is 0.360 e. The summed E-state index contributed by atoms with van der Waals surface area (Å²) in [6.45, 7) is 0.357. The molecule has 2 aromatic heterocycles. The van der Waals surface area contributed by atoms with Crippen molar-refractivity contribution < 1.29 is 4.92 Å². The summed E-state index contributed by atoms with van der Waals surface area (Å²) in [5.74, 6) is 0.100. The Hall–Kier alpha value is -1.93. The average molecular weight is 312 g/mol. The molecule has 7 nitrogen and oxygen atoms in total. The van der Waals surface area contributed by atoms with Crippen LogP contribution in [0.3, 0.4) is 0 Å². The van der Waals surface area contributed by atoms with Crippen molar-refractivity contribution in [2.45, 2.75) is 11.7 Å². The van der Waals surface area contributed by atoms with Gasteiger partial charge in [-0.1, -0.05) is 29.4 Å². The van der Waals surface area contributed by atoms with Crippen LogP contribution >= 0.6 is 23.4 Å². The number of pyridine rings is 1. The van der Waals surface area contributed by atoms with Gasteiger partial charge in [-0.2, -0.15) is 4.98 Å². The fourth-order valence-corrected chi connectivity index (χ4v) is 2.13. The van der Waals surface area contributed by atoms with Crippen molar-refractivity contribution in [3.05, 3.63) is 45.4 Å². The SMILES string of the molecule is CSc1nc(Cl)c([N+](=O)[O-])c(NCc2cccnc2)n1. The van der Waals surface area contributed by atoms with Gasteiger partial charge in [0.25, 0.3) is 0 Å². The topological polar surface area (TPSA) is 93.8 Å². The Kier molecular flexibility index (Phi) is 4.70. The molecular weight excluding hydrogens is 302 g/mol. The Morgan fingerprint density at radius 3 is 2.90 bits per heavy atom. The number of anilines is 1. The number of rotatable bonds is 5. The van der Waals surface area contributed by atoms with Gasteiger partial charge >= 0.3 is 5.69 Å². The zero-order valence-corrected chi connectivity index (χ0v) is 12.0. The summed E-state index contributed by atoms with van der Waals surface area (Å²) in [4.78, 5) is 22.3. The molecule has 0 bridgehead atoms. The maximum absolute atomic E-state index is 11.0. The Balaban J connectivity index is 2.29. The summed E-state index contributed by atoms with van der Waals surface area (Å²) in [7, 11) is 0. The van der Waals surface area contributed by atoms with Crippen LogP contribution in [0, 0.1) is 10.1 Å². The number of nitrogens with one attached hydrogen (secondary N) is 1. The van der Waals surface area contributed by atoms with Gasteiger partial charge in [-0.05, 0) is 17.9 Å². The van der Waals surface area contributed by atoms with Crippen LogP contribution in [0.15, 0.2) is 29.7 Å². The second-order valence-corrected chi connectivity index (χ2v) is 4.80. The highest BCUT2D eigenvalue weighted by atomic mass is 35.5. The lowest BCUT2D eigenvalue weighted by Crippen LogP contribution is -2.07. The molecule has 0 aliphatic heterocycles. The molecule has 9 heteroatoms. The van der Waals surface area contributed by atoms with Gasteiger partial charge in [0, 0.05) is 18.9 Å². The molecule has 2 rings (SSSR count). The molecule has 0 saturated carbocycles. The normalized spacial score (nSPS) is 10.3. The lowest BCUT2D eigenvalue weighted by molar-refractivity contribution is -0.384. The molecule has 0 atom stereocenters. The molecule has 0 amide bonds. The summed E-state index contributed by atoms with van der Waals surface area (Å²) >= 11 is 7.09. The molecule has 104 valence electrons. The van der Waals surface area contributed by atoms with E-state index in [1.165, 1.54) is 11.8 Å². The molecule has 0 aliphatic rings. The zero-order valence-electron chi connectivity index (χ0n) is 10.4. The van der Waals surface area contributed by atoms with Gasteiger partial charge < -0.3 is 5.32 Å². The van der Waals surface area contributed by atoms with E-state index in [1.54, 1.807) is 24.7 Å². The first kappa shape index (κ1) is 14.5. The van der Waals surface area contributed by atoms with Crippen LogP contribution in [0.5, 0.6) is 0 Å². The van der Waals surface area contributed by atoms with Crippen LogP contribution in [-0.2, 0) is 6.54 Å². The molecule has 0 spiro atoms. The predicted octanol–water partition coefficient (Wildman–Crippen LogP) is 2.77. The maximum atomic E-state index is 11.0. The van der Waals surface area contributed by atoms with Gasteiger partial charge in [-0.15, -0.1) is 0 Å². The van der Waals surface area contributed by atoms with Crippen LogP contribution in [0.2, 0.25) is 5.15 Å². The third-order valence-corrected chi connectivity index (χ3v) is 3.18. The van der Waals surface area contributed by atoms with Crippen molar-refractivity contribution in [2.24, 2.45) is 0 Å². The Bertz CT molecular complexity index is 626. The maximum Gasteiger partial charge on any atom is 0.348 e. The fourth-order valence-electron chi connectivity index (χ4n) is 1.47. The van der Waals surface area contributed by atoms with Crippen LogP contribution in [0.4, 0.5) is 11.5 Å². The van der Waals surface area contributed by atoms with Crippen LogP contribution in [-0.4, -0.2) is 26.1 Å². The summed E-state index contributed by atoms with van der Waals surface area (Å²) in [6.07, 6.45) is 5.08. The number of aromatic nitrogens is 3. The molecular formula is C11H10ClN5O2S. The fraction of sp³-hybridized carbons (Fsp3) is 0.182. The van der Waals surface area contributed by atoms with Gasteiger partial charge in [-0.25, -0.2) is 4.98 Å². The monoisotopic (exact) mass is 311 g/mol.